The SMILES string of the molecule is COc1ccc(S(=O)(=O)N2CCCC2C(=O)c2cc(C)ccc2C)cc1. The Kier molecular flexibility index (Phi) is 5.16. The zero-order chi connectivity index (χ0) is 18.9. The van der Waals surface area contributed by atoms with Crippen LogP contribution >= 0.6 is 0 Å². The van der Waals surface area contributed by atoms with E-state index >= 15 is 0 Å². The van der Waals surface area contributed by atoms with Crippen molar-refractivity contribution < 1.29 is 17.9 Å². The Morgan fingerprint density at radius 2 is 1.81 bits per heavy atom. The molecular weight excluding hydrogens is 350 g/mol. The first-order valence-electron chi connectivity index (χ1n) is 8.62. The quantitative estimate of drug-likeness (QED) is 0.754. The molecular formula is C20H23NO4S. The molecule has 1 heterocycles. The lowest BCUT2D eigenvalue weighted by Crippen LogP contribution is -2.40. The van der Waals surface area contributed by atoms with Gasteiger partial charge in [0.25, 0.3) is 0 Å². The highest BCUT2D eigenvalue weighted by atomic mass is 32.2. The molecule has 2 aromatic carbocycles. The lowest BCUT2D eigenvalue weighted by atomic mass is 9.97. The van der Waals surface area contributed by atoms with Gasteiger partial charge in [-0.05, 0) is 62.6 Å². The fourth-order valence-electron chi connectivity index (χ4n) is 3.35. The highest BCUT2D eigenvalue weighted by molar-refractivity contribution is 7.89. The first kappa shape index (κ1) is 18.6. The summed E-state index contributed by atoms with van der Waals surface area (Å²) in [6, 6.07) is 11.3. The number of carbonyl (C=O) groups is 1. The molecule has 6 heteroatoms. The predicted octanol–water partition coefficient (Wildman–Crippen LogP) is 3.35. The molecule has 26 heavy (non-hydrogen) atoms. The third-order valence-corrected chi connectivity index (χ3v) is 6.75. The molecule has 1 saturated heterocycles. The first-order valence-corrected chi connectivity index (χ1v) is 10.1. The van der Waals surface area contributed by atoms with Gasteiger partial charge in [-0.15, -0.1) is 0 Å². The molecule has 1 atom stereocenters. The van der Waals surface area contributed by atoms with Crippen molar-refractivity contribution >= 4 is 15.8 Å². The van der Waals surface area contributed by atoms with E-state index in [2.05, 4.69) is 0 Å². The Morgan fingerprint density at radius 1 is 1.12 bits per heavy atom. The van der Waals surface area contributed by atoms with Crippen LogP contribution in [-0.2, 0) is 10.0 Å². The number of rotatable bonds is 5. The summed E-state index contributed by atoms with van der Waals surface area (Å²) >= 11 is 0. The molecule has 5 nitrogen and oxygen atoms in total. The lowest BCUT2D eigenvalue weighted by Gasteiger charge is -2.24. The molecule has 1 fully saturated rings. The van der Waals surface area contributed by atoms with Crippen LogP contribution in [0.15, 0.2) is 47.4 Å². The second-order valence-corrected chi connectivity index (χ2v) is 8.52. The van der Waals surface area contributed by atoms with Crippen LogP contribution in [0.25, 0.3) is 0 Å². The van der Waals surface area contributed by atoms with Gasteiger partial charge in [-0.3, -0.25) is 4.79 Å². The number of ketones is 1. The van der Waals surface area contributed by atoms with Gasteiger partial charge in [0, 0.05) is 12.1 Å². The van der Waals surface area contributed by atoms with Gasteiger partial charge in [0.05, 0.1) is 18.0 Å². The summed E-state index contributed by atoms with van der Waals surface area (Å²) in [6.45, 7) is 4.16. The van der Waals surface area contributed by atoms with Crippen molar-refractivity contribution in [1.82, 2.24) is 4.31 Å². The van der Waals surface area contributed by atoms with Gasteiger partial charge in [-0.2, -0.15) is 4.31 Å². The van der Waals surface area contributed by atoms with Gasteiger partial charge in [-0.25, -0.2) is 8.42 Å². The number of hydrogen-bond donors (Lipinski definition) is 0. The molecule has 0 aromatic heterocycles. The van der Waals surface area contributed by atoms with Crippen molar-refractivity contribution in [2.45, 2.75) is 37.6 Å². The zero-order valence-corrected chi connectivity index (χ0v) is 16.0. The Labute approximate surface area is 154 Å². The van der Waals surface area contributed by atoms with Gasteiger partial charge >= 0.3 is 0 Å². The van der Waals surface area contributed by atoms with Crippen LogP contribution < -0.4 is 4.74 Å². The van der Waals surface area contributed by atoms with E-state index in [1.807, 2.05) is 32.0 Å². The van der Waals surface area contributed by atoms with Crippen LogP contribution in [0.4, 0.5) is 0 Å². The van der Waals surface area contributed by atoms with E-state index in [-0.39, 0.29) is 10.7 Å². The maximum Gasteiger partial charge on any atom is 0.243 e. The summed E-state index contributed by atoms with van der Waals surface area (Å²) in [4.78, 5) is 13.3. The van der Waals surface area contributed by atoms with Gasteiger partial charge in [0.1, 0.15) is 5.75 Å². The summed E-state index contributed by atoms with van der Waals surface area (Å²) in [5.74, 6) is 0.467. The molecule has 0 N–H and O–H groups in total. The minimum atomic E-state index is -3.73. The van der Waals surface area contributed by atoms with E-state index in [9.17, 15) is 13.2 Å². The highest BCUT2D eigenvalue weighted by Crippen LogP contribution is 2.30. The smallest absolute Gasteiger partial charge is 0.243 e. The summed E-state index contributed by atoms with van der Waals surface area (Å²) in [6.07, 6.45) is 1.22. The molecule has 0 amide bonds. The molecule has 0 radical (unpaired) electrons. The van der Waals surface area contributed by atoms with E-state index in [1.54, 1.807) is 12.1 Å². The Morgan fingerprint density at radius 3 is 2.46 bits per heavy atom. The number of sulfonamides is 1. The van der Waals surface area contributed by atoms with E-state index in [0.717, 1.165) is 11.1 Å². The topological polar surface area (TPSA) is 63.7 Å². The van der Waals surface area contributed by atoms with E-state index in [1.165, 1.54) is 23.5 Å². The van der Waals surface area contributed by atoms with Crippen molar-refractivity contribution in [3.8, 4) is 5.75 Å². The average Bonchev–Trinajstić information content (AvgIpc) is 3.14. The number of aryl methyl sites for hydroxylation is 2. The number of hydrogen-bond acceptors (Lipinski definition) is 4. The number of Topliss-reactive ketones (excluding diaryl/α,β-unsaturated/α-hetero) is 1. The predicted molar refractivity (Wildman–Crippen MR) is 100 cm³/mol. The number of nitrogens with zero attached hydrogens (tertiary/aromatic N) is 1. The molecule has 0 aliphatic carbocycles. The number of benzene rings is 2. The maximum atomic E-state index is 13.1. The molecule has 138 valence electrons. The van der Waals surface area contributed by atoms with E-state index in [4.69, 9.17) is 4.74 Å². The van der Waals surface area contributed by atoms with Crippen molar-refractivity contribution in [3.05, 3.63) is 59.2 Å². The molecule has 3 rings (SSSR count). The Bertz CT molecular complexity index is 919. The van der Waals surface area contributed by atoms with Gasteiger partial charge in [0.15, 0.2) is 5.78 Å². The van der Waals surface area contributed by atoms with Crippen LogP contribution in [-0.4, -0.2) is 38.2 Å². The monoisotopic (exact) mass is 373 g/mol. The maximum absolute atomic E-state index is 13.1. The third-order valence-electron chi connectivity index (χ3n) is 4.83. The first-order chi connectivity index (χ1) is 12.3. The van der Waals surface area contributed by atoms with Crippen molar-refractivity contribution in [1.29, 1.82) is 0 Å². The van der Waals surface area contributed by atoms with Gasteiger partial charge in [-0.1, -0.05) is 17.7 Å². The lowest BCUT2D eigenvalue weighted by molar-refractivity contribution is 0.0917. The molecule has 1 aliphatic rings. The van der Waals surface area contributed by atoms with Crippen LogP contribution in [0.5, 0.6) is 5.75 Å². The Balaban J connectivity index is 1.94. The van der Waals surface area contributed by atoms with Crippen molar-refractivity contribution in [2.75, 3.05) is 13.7 Å². The number of ether oxygens (including phenoxy) is 1. The minimum absolute atomic E-state index is 0.124. The highest BCUT2D eigenvalue weighted by Gasteiger charge is 2.40. The summed E-state index contributed by atoms with van der Waals surface area (Å²) < 4.78 is 32.6. The van der Waals surface area contributed by atoms with Crippen LogP contribution in [0.3, 0.4) is 0 Å². The van der Waals surface area contributed by atoms with E-state index < -0.39 is 16.1 Å². The second-order valence-electron chi connectivity index (χ2n) is 6.63. The molecule has 0 spiro atoms. The summed E-state index contributed by atoms with van der Waals surface area (Å²) in [7, 11) is -2.20. The molecule has 1 unspecified atom stereocenters. The summed E-state index contributed by atoms with van der Waals surface area (Å²) in [5, 5.41) is 0. The molecule has 1 aliphatic heterocycles. The minimum Gasteiger partial charge on any atom is -0.497 e. The molecule has 2 aromatic rings. The molecule has 0 bridgehead atoms. The third kappa shape index (κ3) is 3.39. The van der Waals surface area contributed by atoms with Crippen LogP contribution in [0.2, 0.25) is 0 Å². The van der Waals surface area contributed by atoms with Crippen molar-refractivity contribution in [3.63, 3.8) is 0 Å². The normalized spacial score (nSPS) is 18.0. The van der Waals surface area contributed by atoms with Gasteiger partial charge in [0.2, 0.25) is 10.0 Å². The average molecular weight is 373 g/mol. The van der Waals surface area contributed by atoms with E-state index in [0.29, 0.717) is 30.7 Å². The Hall–Kier alpha value is -2.18. The second kappa shape index (κ2) is 7.21. The largest absolute Gasteiger partial charge is 0.497 e. The van der Waals surface area contributed by atoms with Crippen LogP contribution in [0, 0.1) is 13.8 Å². The summed E-state index contributed by atoms with van der Waals surface area (Å²) in [5.41, 5.74) is 2.46. The van der Waals surface area contributed by atoms with Crippen LogP contribution in [0.1, 0.15) is 34.3 Å². The number of carbonyl (C=O) groups excluding carboxylic acids is 1. The fourth-order valence-corrected chi connectivity index (χ4v) is 5.01. The van der Waals surface area contributed by atoms with Crippen molar-refractivity contribution in [2.24, 2.45) is 0 Å². The fraction of sp³-hybridized carbons (Fsp3) is 0.350. The van der Waals surface area contributed by atoms with Gasteiger partial charge < -0.3 is 4.74 Å². The molecule has 0 saturated carbocycles. The zero-order valence-electron chi connectivity index (χ0n) is 15.2. The number of methoxy groups -OCH3 is 1. The standard InChI is InChI=1S/C20H23NO4S/c1-14-6-7-15(2)18(13-14)20(22)19-5-4-12-21(19)26(23,24)17-10-8-16(25-3)9-11-17/h6-11,13,19H,4-5,12H2,1-3H3.